The van der Waals surface area contributed by atoms with Crippen molar-refractivity contribution in [2.45, 2.75) is 25.8 Å². The summed E-state index contributed by atoms with van der Waals surface area (Å²) in [6.07, 6.45) is 4.98. The molecule has 0 aliphatic carbocycles. The van der Waals surface area contributed by atoms with Crippen LogP contribution >= 0.6 is 11.6 Å². The van der Waals surface area contributed by atoms with Gasteiger partial charge in [-0.15, -0.1) is 0 Å². The number of carbonyl (C=O) groups excluding carboxylic acids is 1. The number of carbonyl (C=O) groups is 1. The van der Waals surface area contributed by atoms with Crippen LogP contribution < -0.4 is 10.2 Å². The predicted molar refractivity (Wildman–Crippen MR) is 81.5 cm³/mol. The Balaban J connectivity index is 2.02. The van der Waals surface area contributed by atoms with Crippen molar-refractivity contribution in [1.82, 2.24) is 15.3 Å². The monoisotopic (exact) mass is 312 g/mol. The lowest BCUT2D eigenvalue weighted by atomic mass is 9.92. The van der Waals surface area contributed by atoms with Crippen molar-refractivity contribution < 1.29 is 9.53 Å². The molecule has 1 aromatic rings. The van der Waals surface area contributed by atoms with Crippen LogP contribution in [0.4, 0.5) is 5.82 Å². The number of amides is 1. The highest BCUT2D eigenvalue weighted by molar-refractivity contribution is 6.31. The number of nitrogens with one attached hydrogen (secondary N) is 1. The van der Waals surface area contributed by atoms with Gasteiger partial charge in [0.1, 0.15) is 0 Å². The Morgan fingerprint density at radius 3 is 2.95 bits per heavy atom. The minimum atomic E-state index is -0.0591. The summed E-state index contributed by atoms with van der Waals surface area (Å²) in [5, 5.41) is 3.27. The molecule has 1 N–H and O–H groups in total. The topological polar surface area (TPSA) is 67.3 Å². The van der Waals surface area contributed by atoms with E-state index >= 15 is 0 Å². The Bertz CT molecular complexity index is 486. The normalized spacial score (nSPS) is 22.1. The minimum absolute atomic E-state index is 0.0591. The highest BCUT2D eigenvalue weighted by atomic mass is 35.5. The average Bonchev–Trinajstić information content (AvgIpc) is 2.49. The van der Waals surface area contributed by atoms with Gasteiger partial charge >= 0.3 is 0 Å². The summed E-state index contributed by atoms with van der Waals surface area (Å²) >= 11 is 6.12. The Labute approximate surface area is 129 Å². The largest absolute Gasteiger partial charge is 0.383 e. The van der Waals surface area contributed by atoms with Crippen molar-refractivity contribution >= 4 is 23.3 Å². The molecule has 116 valence electrons. The average molecular weight is 313 g/mol. The zero-order chi connectivity index (χ0) is 15.2. The summed E-state index contributed by atoms with van der Waals surface area (Å²) in [5.41, 5.74) is 0. The molecule has 1 fully saturated rings. The van der Waals surface area contributed by atoms with E-state index in [1.807, 2.05) is 0 Å². The van der Waals surface area contributed by atoms with E-state index in [1.165, 1.54) is 0 Å². The van der Waals surface area contributed by atoms with E-state index in [-0.39, 0.29) is 11.8 Å². The number of hydrogen-bond donors (Lipinski definition) is 1. The Morgan fingerprint density at radius 2 is 2.24 bits per heavy atom. The highest BCUT2D eigenvalue weighted by Crippen LogP contribution is 2.29. The van der Waals surface area contributed by atoms with Crippen LogP contribution in [0, 0.1) is 5.92 Å². The second kappa shape index (κ2) is 7.56. The van der Waals surface area contributed by atoms with Crippen LogP contribution in [0.2, 0.25) is 5.15 Å². The van der Waals surface area contributed by atoms with Crippen LogP contribution in [0.15, 0.2) is 12.4 Å². The van der Waals surface area contributed by atoms with Crippen LogP contribution in [0.25, 0.3) is 0 Å². The number of aromatic nitrogens is 2. The van der Waals surface area contributed by atoms with Crippen molar-refractivity contribution in [3.8, 4) is 0 Å². The Kier molecular flexibility index (Phi) is 5.76. The molecule has 2 heterocycles. The molecular formula is C14H21ClN4O2. The predicted octanol–water partition coefficient (Wildman–Crippen LogP) is 1.50. The van der Waals surface area contributed by atoms with Crippen LogP contribution in [0.5, 0.6) is 0 Å². The molecular weight excluding hydrogens is 292 g/mol. The Morgan fingerprint density at radius 1 is 1.48 bits per heavy atom. The minimum Gasteiger partial charge on any atom is -0.383 e. The third kappa shape index (κ3) is 4.04. The highest BCUT2D eigenvalue weighted by Gasteiger charge is 2.31. The summed E-state index contributed by atoms with van der Waals surface area (Å²) in [5.74, 6) is 0.654. The molecule has 7 heteroatoms. The molecule has 2 atom stereocenters. The molecule has 1 saturated heterocycles. The van der Waals surface area contributed by atoms with E-state index in [1.54, 1.807) is 19.5 Å². The first-order valence-corrected chi connectivity index (χ1v) is 7.51. The number of nitrogens with zero attached hydrogens (tertiary/aromatic N) is 3. The van der Waals surface area contributed by atoms with Crippen LogP contribution in [-0.2, 0) is 9.53 Å². The van der Waals surface area contributed by atoms with Gasteiger partial charge in [0, 0.05) is 38.6 Å². The third-order valence-electron chi connectivity index (χ3n) is 3.77. The molecule has 0 saturated carbocycles. The fourth-order valence-corrected chi connectivity index (χ4v) is 2.76. The van der Waals surface area contributed by atoms with Crippen molar-refractivity contribution in [3.05, 3.63) is 17.5 Å². The summed E-state index contributed by atoms with van der Waals surface area (Å²) < 4.78 is 4.94. The van der Waals surface area contributed by atoms with E-state index in [0.29, 0.717) is 36.7 Å². The number of methoxy groups -OCH3 is 1. The van der Waals surface area contributed by atoms with Gasteiger partial charge in [-0.2, -0.15) is 0 Å². The summed E-state index contributed by atoms with van der Waals surface area (Å²) in [6, 6.07) is 0.294. The molecule has 1 aromatic heterocycles. The molecule has 1 aliphatic heterocycles. The van der Waals surface area contributed by atoms with Gasteiger partial charge in [0.05, 0.1) is 12.5 Å². The first kappa shape index (κ1) is 16.0. The van der Waals surface area contributed by atoms with Crippen LogP contribution in [0.3, 0.4) is 0 Å². The molecule has 21 heavy (non-hydrogen) atoms. The standard InChI is InChI=1S/C14H21ClN4O2/c1-10-3-4-11(14(20)18-7-8-21-2)9-19(10)13-12(15)16-5-6-17-13/h5-6,10-11H,3-4,7-9H2,1-2H3,(H,18,20). The first-order chi connectivity index (χ1) is 10.1. The summed E-state index contributed by atoms with van der Waals surface area (Å²) in [7, 11) is 1.62. The maximum Gasteiger partial charge on any atom is 0.224 e. The van der Waals surface area contributed by atoms with Gasteiger partial charge in [-0.05, 0) is 19.8 Å². The molecule has 1 aliphatic rings. The van der Waals surface area contributed by atoms with E-state index in [9.17, 15) is 4.79 Å². The number of hydrogen-bond acceptors (Lipinski definition) is 5. The van der Waals surface area contributed by atoms with E-state index < -0.39 is 0 Å². The summed E-state index contributed by atoms with van der Waals surface area (Å²) in [4.78, 5) is 22.6. The Hall–Kier alpha value is -1.40. The number of rotatable bonds is 5. The van der Waals surface area contributed by atoms with Crippen molar-refractivity contribution in [3.63, 3.8) is 0 Å². The van der Waals surface area contributed by atoms with Crippen LogP contribution in [0.1, 0.15) is 19.8 Å². The molecule has 1 amide bonds. The van der Waals surface area contributed by atoms with Gasteiger partial charge in [-0.1, -0.05) is 11.6 Å². The van der Waals surface area contributed by atoms with Crippen LogP contribution in [-0.4, -0.2) is 48.7 Å². The molecule has 0 spiro atoms. The van der Waals surface area contributed by atoms with E-state index in [2.05, 4.69) is 27.1 Å². The maximum atomic E-state index is 12.2. The summed E-state index contributed by atoms with van der Waals surface area (Å²) in [6.45, 7) is 3.78. The van der Waals surface area contributed by atoms with Gasteiger partial charge in [0.2, 0.25) is 5.91 Å². The van der Waals surface area contributed by atoms with E-state index in [4.69, 9.17) is 16.3 Å². The quantitative estimate of drug-likeness (QED) is 0.835. The molecule has 2 unspecified atom stereocenters. The van der Waals surface area contributed by atoms with Gasteiger partial charge in [-0.25, -0.2) is 9.97 Å². The van der Waals surface area contributed by atoms with Crippen molar-refractivity contribution in [2.24, 2.45) is 5.92 Å². The second-order valence-electron chi connectivity index (χ2n) is 5.23. The fourth-order valence-electron chi connectivity index (χ4n) is 2.54. The molecule has 0 radical (unpaired) electrons. The smallest absolute Gasteiger partial charge is 0.224 e. The SMILES string of the molecule is COCCNC(=O)C1CCC(C)N(c2nccnc2Cl)C1. The molecule has 6 nitrogen and oxygen atoms in total. The zero-order valence-electron chi connectivity index (χ0n) is 12.4. The van der Waals surface area contributed by atoms with Crippen molar-refractivity contribution in [1.29, 1.82) is 0 Å². The van der Waals surface area contributed by atoms with Gasteiger partial charge in [0.15, 0.2) is 11.0 Å². The van der Waals surface area contributed by atoms with E-state index in [0.717, 1.165) is 12.8 Å². The number of ether oxygens (including phenoxy) is 1. The molecule has 0 bridgehead atoms. The fraction of sp³-hybridized carbons (Fsp3) is 0.643. The number of piperidine rings is 1. The number of anilines is 1. The van der Waals surface area contributed by atoms with Gasteiger partial charge in [-0.3, -0.25) is 4.79 Å². The van der Waals surface area contributed by atoms with Gasteiger partial charge in [0.25, 0.3) is 0 Å². The first-order valence-electron chi connectivity index (χ1n) is 7.13. The maximum absolute atomic E-state index is 12.2. The van der Waals surface area contributed by atoms with Gasteiger partial charge < -0.3 is 15.0 Å². The number of halogens is 1. The lowest BCUT2D eigenvalue weighted by Crippen LogP contribution is -2.48. The molecule has 0 aromatic carbocycles. The molecule has 2 rings (SSSR count). The third-order valence-corrected chi connectivity index (χ3v) is 4.03. The van der Waals surface area contributed by atoms with Crippen molar-refractivity contribution in [2.75, 3.05) is 31.7 Å². The lowest BCUT2D eigenvalue weighted by Gasteiger charge is -2.38. The zero-order valence-corrected chi connectivity index (χ0v) is 13.1. The second-order valence-corrected chi connectivity index (χ2v) is 5.59. The lowest BCUT2D eigenvalue weighted by molar-refractivity contribution is -0.125.